The van der Waals surface area contributed by atoms with Gasteiger partial charge in [0.05, 0.1) is 29.6 Å². The van der Waals surface area contributed by atoms with Crippen molar-refractivity contribution in [3.05, 3.63) is 16.4 Å². The number of aryl methyl sites for hydroxylation is 2. The summed E-state index contributed by atoms with van der Waals surface area (Å²) < 4.78 is 7.87. The summed E-state index contributed by atoms with van der Waals surface area (Å²) in [5.74, 6) is 0. The fraction of sp³-hybridized carbons (Fsp3) is 0.812. The number of aromatic nitrogens is 2. The molecule has 0 saturated heterocycles. The van der Waals surface area contributed by atoms with Crippen molar-refractivity contribution < 1.29 is 4.74 Å². The first-order valence-electron chi connectivity index (χ1n) is 8.20. The summed E-state index contributed by atoms with van der Waals surface area (Å²) in [6, 6.07) is 0. The Morgan fingerprint density at radius 2 is 1.90 bits per heavy atom. The Morgan fingerprint density at radius 1 is 1.24 bits per heavy atom. The largest absolute Gasteiger partial charge is 0.373 e. The van der Waals surface area contributed by atoms with E-state index in [4.69, 9.17) is 22.1 Å². The second-order valence-corrected chi connectivity index (χ2v) is 6.52. The predicted octanol–water partition coefficient (Wildman–Crippen LogP) is 3.69. The normalized spacial score (nSPS) is 18.7. The molecule has 1 aromatic rings. The predicted molar refractivity (Wildman–Crippen MR) is 86.6 cm³/mol. The molecule has 2 rings (SSSR count). The number of rotatable bonds is 6. The third kappa shape index (κ3) is 4.21. The van der Waals surface area contributed by atoms with E-state index in [1.54, 1.807) is 0 Å². The van der Waals surface area contributed by atoms with Gasteiger partial charge in [-0.3, -0.25) is 4.68 Å². The van der Waals surface area contributed by atoms with Crippen LogP contribution in [0.4, 0.5) is 0 Å². The molecule has 0 unspecified atom stereocenters. The molecule has 2 N–H and O–H groups in total. The van der Waals surface area contributed by atoms with Crippen molar-refractivity contribution in [1.29, 1.82) is 0 Å². The van der Waals surface area contributed by atoms with E-state index in [0.717, 1.165) is 42.2 Å². The van der Waals surface area contributed by atoms with Crippen LogP contribution in [0.25, 0.3) is 0 Å². The topological polar surface area (TPSA) is 53.1 Å². The van der Waals surface area contributed by atoms with E-state index in [-0.39, 0.29) is 5.54 Å². The number of ether oxygens (including phenoxy) is 1. The molecule has 0 aromatic carbocycles. The molecule has 0 atom stereocenters. The number of halogens is 1. The highest BCUT2D eigenvalue weighted by Gasteiger charge is 2.26. The fourth-order valence-corrected chi connectivity index (χ4v) is 3.41. The van der Waals surface area contributed by atoms with Gasteiger partial charge in [0.25, 0.3) is 0 Å². The van der Waals surface area contributed by atoms with Gasteiger partial charge < -0.3 is 10.5 Å². The lowest BCUT2D eigenvalue weighted by Gasteiger charge is -2.27. The molecule has 4 nitrogen and oxygen atoms in total. The average molecular weight is 314 g/mol. The monoisotopic (exact) mass is 313 g/mol. The molecule has 0 amide bonds. The summed E-state index contributed by atoms with van der Waals surface area (Å²) in [7, 11) is 0. The van der Waals surface area contributed by atoms with Crippen molar-refractivity contribution >= 4 is 11.6 Å². The standard InChI is InChI=1S/C16H28ClN3O/c1-3-13-15(17)14(20(4-2)19-13)11-21-12-16(18)9-7-5-6-8-10-16/h3-12,18H2,1-2H3. The van der Waals surface area contributed by atoms with Crippen LogP contribution in [-0.4, -0.2) is 21.9 Å². The zero-order valence-corrected chi connectivity index (χ0v) is 14.1. The molecule has 1 aromatic heterocycles. The van der Waals surface area contributed by atoms with Crippen LogP contribution in [0, 0.1) is 0 Å². The molecule has 1 aliphatic rings. The first-order valence-corrected chi connectivity index (χ1v) is 8.58. The van der Waals surface area contributed by atoms with Crippen LogP contribution < -0.4 is 5.73 Å². The second-order valence-electron chi connectivity index (χ2n) is 6.15. The van der Waals surface area contributed by atoms with Crippen molar-refractivity contribution in [3.63, 3.8) is 0 Å². The Balaban J connectivity index is 1.95. The van der Waals surface area contributed by atoms with Gasteiger partial charge in [-0.2, -0.15) is 5.10 Å². The first-order chi connectivity index (χ1) is 10.1. The maximum atomic E-state index is 6.48. The number of nitrogens with zero attached hydrogens (tertiary/aromatic N) is 2. The highest BCUT2D eigenvalue weighted by molar-refractivity contribution is 6.31. The van der Waals surface area contributed by atoms with Crippen molar-refractivity contribution in [2.75, 3.05) is 6.61 Å². The van der Waals surface area contributed by atoms with E-state index in [2.05, 4.69) is 18.9 Å². The van der Waals surface area contributed by atoms with E-state index < -0.39 is 0 Å². The lowest BCUT2D eigenvalue weighted by Crippen LogP contribution is -2.44. The molecule has 1 aliphatic carbocycles. The summed E-state index contributed by atoms with van der Waals surface area (Å²) in [5, 5.41) is 5.27. The Morgan fingerprint density at radius 3 is 2.48 bits per heavy atom. The smallest absolute Gasteiger partial charge is 0.0900 e. The van der Waals surface area contributed by atoms with Crippen molar-refractivity contribution in [3.8, 4) is 0 Å². The van der Waals surface area contributed by atoms with Crippen molar-refractivity contribution in [1.82, 2.24) is 9.78 Å². The number of hydrogen-bond acceptors (Lipinski definition) is 3. The summed E-state index contributed by atoms with van der Waals surface area (Å²) in [6.07, 6.45) is 8.00. The maximum Gasteiger partial charge on any atom is 0.0900 e. The van der Waals surface area contributed by atoms with Gasteiger partial charge in [0.15, 0.2) is 0 Å². The van der Waals surface area contributed by atoms with E-state index in [1.807, 2.05) is 4.68 Å². The second kappa shape index (κ2) is 7.61. The SMILES string of the molecule is CCc1nn(CC)c(COCC2(N)CCCCCC2)c1Cl. The van der Waals surface area contributed by atoms with Crippen LogP contribution in [0.1, 0.15) is 63.8 Å². The molecule has 21 heavy (non-hydrogen) atoms. The van der Waals surface area contributed by atoms with E-state index >= 15 is 0 Å². The summed E-state index contributed by atoms with van der Waals surface area (Å²) in [6.45, 7) is 6.06. The lowest BCUT2D eigenvalue weighted by molar-refractivity contribution is 0.0629. The molecular weight excluding hydrogens is 286 g/mol. The molecule has 0 bridgehead atoms. The quantitative estimate of drug-likeness (QED) is 0.815. The highest BCUT2D eigenvalue weighted by Crippen LogP contribution is 2.27. The van der Waals surface area contributed by atoms with Gasteiger partial charge in [-0.05, 0) is 26.2 Å². The van der Waals surface area contributed by atoms with Crippen molar-refractivity contribution in [2.24, 2.45) is 5.73 Å². The minimum Gasteiger partial charge on any atom is -0.373 e. The van der Waals surface area contributed by atoms with E-state index in [0.29, 0.717) is 13.2 Å². The van der Waals surface area contributed by atoms with Crippen LogP contribution in [0.15, 0.2) is 0 Å². The molecule has 120 valence electrons. The van der Waals surface area contributed by atoms with Gasteiger partial charge >= 0.3 is 0 Å². The zero-order valence-electron chi connectivity index (χ0n) is 13.3. The fourth-order valence-electron chi connectivity index (χ4n) is 3.08. The van der Waals surface area contributed by atoms with E-state index in [1.165, 1.54) is 25.7 Å². The molecule has 0 spiro atoms. The molecule has 1 heterocycles. The number of hydrogen-bond donors (Lipinski definition) is 1. The Labute approximate surface area is 133 Å². The zero-order chi connectivity index (χ0) is 15.3. The Hall–Kier alpha value is -0.580. The minimum atomic E-state index is -0.159. The first kappa shape index (κ1) is 16.8. The molecule has 0 radical (unpaired) electrons. The Kier molecular flexibility index (Phi) is 6.08. The molecular formula is C16H28ClN3O. The summed E-state index contributed by atoms with van der Waals surface area (Å²) in [5.41, 5.74) is 8.26. The van der Waals surface area contributed by atoms with Crippen LogP contribution in [0.5, 0.6) is 0 Å². The van der Waals surface area contributed by atoms with Crippen LogP contribution >= 0.6 is 11.6 Å². The van der Waals surface area contributed by atoms with E-state index in [9.17, 15) is 0 Å². The average Bonchev–Trinajstić information content (AvgIpc) is 2.63. The van der Waals surface area contributed by atoms with Gasteiger partial charge in [-0.25, -0.2) is 0 Å². The van der Waals surface area contributed by atoms with Gasteiger partial charge in [0, 0.05) is 12.1 Å². The molecule has 1 saturated carbocycles. The van der Waals surface area contributed by atoms with Gasteiger partial charge in [-0.1, -0.05) is 44.2 Å². The third-order valence-corrected chi connectivity index (χ3v) is 4.86. The van der Waals surface area contributed by atoms with Crippen LogP contribution in [0.3, 0.4) is 0 Å². The lowest BCUT2D eigenvalue weighted by atomic mass is 9.93. The van der Waals surface area contributed by atoms with Gasteiger partial charge in [-0.15, -0.1) is 0 Å². The molecule has 5 heteroatoms. The maximum absolute atomic E-state index is 6.48. The number of nitrogens with two attached hydrogens (primary N) is 1. The third-order valence-electron chi connectivity index (χ3n) is 4.42. The van der Waals surface area contributed by atoms with Crippen LogP contribution in [0.2, 0.25) is 5.02 Å². The Bertz CT molecular complexity index is 451. The van der Waals surface area contributed by atoms with Crippen molar-refractivity contribution in [2.45, 2.75) is 77.5 Å². The minimum absolute atomic E-state index is 0.159. The van der Waals surface area contributed by atoms with Gasteiger partial charge in [0.2, 0.25) is 0 Å². The highest BCUT2D eigenvalue weighted by atomic mass is 35.5. The summed E-state index contributed by atoms with van der Waals surface area (Å²) >= 11 is 6.40. The molecule has 1 fully saturated rings. The summed E-state index contributed by atoms with van der Waals surface area (Å²) in [4.78, 5) is 0. The molecule has 0 aliphatic heterocycles. The van der Waals surface area contributed by atoms with Crippen LogP contribution in [-0.2, 0) is 24.3 Å². The van der Waals surface area contributed by atoms with Gasteiger partial charge in [0.1, 0.15) is 0 Å².